The molecule has 2 rings (SSSR count). The van der Waals surface area contributed by atoms with Crippen LogP contribution in [0.3, 0.4) is 0 Å². The first-order valence-electron chi connectivity index (χ1n) is 5.43. The van der Waals surface area contributed by atoms with Crippen molar-refractivity contribution in [1.82, 2.24) is 0 Å². The first kappa shape index (κ1) is 8.98. The molecule has 2 aliphatic rings. The molecule has 0 saturated heterocycles. The van der Waals surface area contributed by atoms with Crippen LogP contribution in [0.1, 0.15) is 52.4 Å². The summed E-state index contributed by atoms with van der Waals surface area (Å²) in [5.41, 5.74) is 3.37. The van der Waals surface area contributed by atoms with Crippen LogP contribution in [0, 0.1) is 5.41 Å². The van der Waals surface area contributed by atoms with Crippen molar-refractivity contribution >= 4 is 6.21 Å². The lowest BCUT2D eigenvalue weighted by atomic mass is 9.87. The van der Waals surface area contributed by atoms with Gasteiger partial charge in [-0.1, -0.05) is 20.3 Å². The van der Waals surface area contributed by atoms with E-state index in [2.05, 4.69) is 25.1 Å². The molecule has 1 fully saturated rings. The smallest absolute Gasteiger partial charge is 0.0400 e. The highest BCUT2D eigenvalue weighted by Gasteiger charge is 2.25. The molecule has 1 nitrogen and oxygen atoms in total. The highest BCUT2D eigenvalue weighted by atomic mass is 14.8. The number of rotatable bonds is 0. The Hall–Kier alpha value is -0.590. The quantitative estimate of drug-likeness (QED) is 0.535. The minimum atomic E-state index is 0.319. The Bertz CT molecular complexity index is 250. The van der Waals surface area contributed by atoms with E-state index in [4.69, 9.17) is 0 Å². The Kier molecular flexibility index (Phi) is 2.27. The Labute approximate surface area is 80.9 Å². The van der Waals surface area contributed by atoms with Crippen LogP contribution in [-0.2, 0) is 0 Å². The highest BCUT2D eigenvalue weighted by molar-refractivity contribution is 5.70. The van der Waals surface area contributed by atoms with E-state index in [1.807, 2.05) is 0 Å². The lowest BCUT2D eigenvalue weighted by molar-refractivity contribution is 0.536. The van der Waals surface area contributed by atoms with E-state index in [1.54, 1.807) is 5.57 Å². The molecule has 0 spiro atoms. The lowest BCUT2D eigenvalue weighted by Gasteiger charge is -2.17. The standard InChI is InChI=1S/C12H19N/c1-12(2)8-11(13-9-12)10-6-4-3-5-7-10/h9H,3-8H2,1-2H3. The van der Waals surface area contributed by atoms with Gasteiger partial charge in [-0.15, -0.1) is 0 Å². The van der Waals surface area contributed by atoms with Crippen LogP contribution in [0.15, 0.2) is 16.3 Å². The molecule has 1 heteroatoms. The summed E-state index contributed by atoms with van der Waals surface area (Å²) in [4.78, 5) is 4.57. The van der Waals surface area contributed by atoms with Crippen LogP contribution in [0.5, 0.6) is 0 Å². The van der Waals surface area contributed by atoms with Crippen molar-refractivity contribution in [3.63, 3.8) is 0 Å². The molecular weight excluding hydrogens is 158 g/mol. The van der Waals surface area contributed by atoms with Gasteiger partial charge in [0.2, 0.25) is 0 Å². The van der Waals surface area contributed by atoms with Crippen molar-refractivity contribution in [2.45, 2.75) is 52.4 Å². The van der Waals surface area contributed by atoms with E-state index >= 15 is 0 Å². The zero-order chi connectivity index (χ0) is 9.31. The third kappa shape index (κ3) is 2.01. The largest absolute Gasteiger partial charge is 0.265 e. The van der Waals surface area contributed by atoms with E-state index in [9.17, 15) is 0 Å². The molecular formula is C12H19N. The molecule has 0 bridgehead atoms. The first-order valence-corrected chi connectivity index (χ1v) is 5.43. The molecule has 72 valence electrons. The van der Waals surface area contributed by atoms with E-state index in [-0.39, 0.29) is 0 Å². The fraction of sp³-hybridized carbons (Fsp3) is 0.750. The zero-order valence-corrected chi connectivity index (χ0v) is 8.77. The van der Waals surface area contributed by atoms with Crippen LogP contribution in [0.25, 0.3) is 0 Å². The van der Waals surface area contributed by atoms with Gasteiger partial charge in [0.05, 0.1) is 0 Å². The average molecular weight is 177 g/mol. The minimum Gasteiger partial charge on any atom is -0.265 e. The van der Waals surface area contributed by atoms with Gasteiger partial charge in [0.25, 0.3) is 0 Å². The Morgan fingerprint density at radius 3 is 2.38 bits per heavy atom. The van der Waals surface area contributed by atoms with Crippen LogP contribution in [-0.4, -0.2) is 6.21 Å². The molecule has 0 unspecified atom stereocenters. The molecule has 1 aliphatic heterocycles. The van der Waals surface area contributed by atoms with Crippen molar-refractivity contribution in [3.8, 4) is 0 Å². The number of allylic oxidation sites excluding steroid dienone is 2. The minimum absolute atomic E-state index is 0.319. The lowest BCUT2D eigenvalue weighted by Crippen LogP contribution is -2.07. The van der Waals surface area contributed by atoms with Gasteiger partial charge in [0.15, 0.2) is 0 Å². The van der Waals surface area contributed by atoms with Crippen molar-refractivity contribution < 1.29 is 0 Å². The van der Waals surface area contributed by atoms with Crippen LogP contribution in [0.4, 0.5) is 0 Å². The van der Waals surface area contributed by atoms with Gasteiger partial charge in [-0.05, 0) is 37.7 Å². The second-order valence-corrected chi connectivity index (χ2v) is 5.03. The number of hydrogen-bond acceptors (Lipinski definition) is 1. The second-order valence-electron chi connectivity index (χ2n) is 5.03. The molecule has 13 heavy (non-hydrogen) atoms. The molecule has 1 aliphatic carbocycles. The van der Waals surface area contributed by atoms with E-state index in [0.29, 0.717) is 5.41 Å². The number of nitrogens with zero attached hydrogens (tertiary/aromatic N) is 1. The SMILES string of the molecule is CC1(C)C=NC(=C2CCCCC2)C1. The van der Waals surface area contributed by atoms with Crippen molar-refractivity contribution in [1.29, 1.82) is 0 Å². The fourth-order valence-electron chi connectivity index (χ4n) is 2.26. The van der Waals surface area contributed by atoms with Crippen molar-refractivity contribution in [3.05, 3.63) is 11.3 Å². The van der Waals surface area contributed by atoms with Gasteiger partial charge in [0, 0.05) is 17.3 Å². The normalized spacial score (nSPS) is 26.9. The molecule has 0 N–H and O–H groups in total. The van der Waals surface area contributed by atoms with E-state index in [0.717, 1.165) is 0 Å². The predicted octanol–water partition coefficient (Wildman–Crippen LogP) is 3.71. The van der Waals surface area contributed by atoms with Gasteiger partial charge in [0.1, 0.15) is 0 Å². The molecule has 0 amide bonds. The highest BCUT2D eigenvalue weighted by Crippen LogP contribution is 2.36. The second kappa shape index (κ2) is 3.28. The maximum atomic E-state index is 4.57. The Morgan fingerprint density at radius 1 is 1.15 bits per heavy atom. The fourth-order valence-corrected chi connectivity index (χ4v) is 2.26. The predicted molar refractivity (Wildman–Crippen MR) is 57.0 cm³/mol. The molecule has 0 atom stereocenters. The Balaban J connectivity index is 2.13. The van der Waals surface area contributed by atoms with Gasteiger partial charge in [-0.25, -0.2) is 0 Å². The third-order valence-corrected chi connectivity index (χ3v) is 3.06. The van der Waals surface area contributed by atoms with E-state index in [1.165, 1.54) is 44.2 Å². The van der Waals surface area contributed by atoms with Crippen LogP contribution < -0.4 is 0 Å². The molecule has 0 aromatic rings. The van der Waals surface area contributed by atoms with Crippen LogP contribution in [0.2, 0.25) is 0 Å². The molecule has 0 radical (unpaired) electrons. The third-order valence-electron chi connectivity index (χ3n) is 3.06. The summed E-state index contributed by atoms with van der Waals surface area (Å²) >= 11 is 0. The van der Waals surface area contributed by atoms with Crippen molar-refractivity contribution in [2.75, 3.05) is 0 Å². The summed E-state index contributed by atoms with van der Waals surface area (Å²) in [7, 11) is 0. The van der Waals surface area contributed by atoms with Gasteiger partial charge in [-0.2, -0.15) is 0 Å². The molecule has 0 aromatic heterocycles. The molecule has 0 aromatic carbocycles. The summed E-state index contributed by atoms with van der Waals surface area (Å²) in [6.07, 6.45) is 10.1. The summed E-state index contributed by atoms with van der Waals surface area (Å²) in [5.74, 6) is 0. The molecule has 1 heterocycles. The summed E-state index contributed by atoms with van der Waals surface area (Å²) in [5, 5.41) is 0. The summed E-state index contributed by atoms with van der Waals surface area (Å²) in [6.45, 7) is 4.54. The van der Waals surface area contributed by atoms with Gasteiger partial charge >= 0.3 is 0 Å². The summed E-state index contributed by atoms with van der Waals surface area (Å²) in [6, 6.07) is 0. The van der Waals surface area contributed by atoms with E-state index < -0.39 is 0 Å². The van der Waals surface area contributed by atoms with Crippen LogP contribution >= 0.6 is 0 Å². The maximum absolute atomic E-state index is 4.57. The van der Waals surface area contributed by atoms with Gasteiger partial charge in [-0.3, -0.25) is 4.99 Å². The van der Waals surface area contributed by atoms with Crippen molar-refractivity contribution in [2.24, 2.45) is 10.4 Å². The number of aliphatic imine (C=N–C) groups is 1. The first-order chi connectivity index (χ1) is 6.17. The molecule has 1 saturated carbocycles. The summed E-state index contributed by atoms with van der Waals surface area (Å²) < 4.78 is 0. The maximum Gasteiger partial charge on any atom is 0.0400 e. The topological polar surface area (TPSA) is 12.4 Å². The average Bonchev–Trinajstić information content (AvgIpc) is 2.48. The zero-order valence-electron chi connectivity index (χ0n) is 8.77. The van der Waals surface area contributed by atoms with Gasteiger partial charge < -0.3 is 0 Å². The monoisotopic (exact) mass is 177 g/mol. The Morgan fingerprint density at radius 2 is 1.85 bits per heavy atom. The number of hydrogen-bond donors (Lipinski definition) is 0.